The molecule has 2 aliphatic heterocycles. The van der Waals surface area contributed by atoms with Crippen molar-refractivity contribution in [3.05, 3.63) is 69.7 Å². The fourth-order valence-electron chi connectivity index (χ4n) is 3.30. The number of thioether (sulfide) groups is 1. The first-order valence-corrected chi connectivity index (χ1v) is 10.8. The van der Waals surface area contributed by atoms with E-state index in [-0.39, 0.29) is 5.91 Å². The molecule has 5 nitrogen and oxygen atoms in total. The summed E-state index contributed by atoms with van der Waals surface area (Å²) in [6.07, 6.45) is 2.94. The highest BCUT2D eigenvalue weighted by Gasteiger charge is 2.35. The number of carbonyl (C=O) groups excluding carboxylic acids is 1. The van der Waals surface area contributed by atoms with E-state index in [2.05, 4.69) is 12.2 Å². The van der Waals surface area contributed by atoms with Crippen LogP contribution in [0, 0.1) is 0 Å². The lowest BCUT2D eigenvalue weighted by atomic mass is 10.1. The summed E-state index contributed by atoms with van der Waals surface area (Å²) >= 11 is 8.02. The highest BCUT2D eigenvalue weighted by atomic mass is 35.5. The number of fused-ring (bicyclic) bond motifs is 2. The number of rotatable bonds is 5. The second-order valence-electron chi connectivity index (χ2n) is 6.65. The second-order valence-corrected chi connectivity index (χ2v) is 8.14. The molecule has 7 heteroatoms. The molecule has 0 saturated heterocycles. The lowest BCUT2D eigenvalue weighted by Gasteiger charge is -2.34. The van der Waals surface area contributed by atoms with Crippen LogP contribution in [0.25, 0.3) is 5.70 Å². The zero-order valence-electron chi connectivity index (χ0n) is 15.6. The maximum absolute atomic E-state index is 13.0. The molecular formula is C21H21ClN4OS. The molecule has 1 amide bonds. The third-order valence-corrected chi connectivity index (χ3v) is 5.98. The number of hydrogen-bond acceptors (Lipinski definition) is 5. The van der Waals surface area contributed by atoms with E-state index in [1.807, 2.05) is 48.5 Å². The van der Waals surface area contributed by atoms with E-state index >= 15 is 0 Å². The Bertz CT molecular complexity index is 1050. The van der Waals surface area contributed by atoms with Gasteiger partial charge in [-0.1, -0.05) is 79.5 Å². The molecule has 0 bridgehead atoms. The Hall–Kier alpha value is -2.31. The molecule has 1 N–H and O–H groups in total. The summed E-state index contributed by atoms with van der Waals surface area (Å²) in [6.45, 7) is 2.17. The SMILES string of the molecule is CCCCCSC1=NN2C(=c3ccccc3=N[C@@H]2c2ccccc2Cl)C(=O)N1. The van der Waals surface area contributed by atoms with Crippen LogP contribution >= 0.6 is 23.4 Å². The van der Waals surface area contributed by atoms with Gasteiger partial charge in [0.25, 0.3) is 5.91 Å². The summed E-state index contributed by atoms with van der Waals surface area (Å²) in [5.41, 5.74) is 1.33. The first kappa shape index (κ1) is 19.0. The van der Waals surface area contributed by atoms with Gasteiger partial charge in [-0.3, -0.25) is 15.1 Å². The van der Waals surface area contributed by atoms with Crippen molar-refractivity contribution in [1.29, 1.82) is 0 Å². The fraction of sp³-hybridized carbons (Fsp3) is 0.286. The molecule has 2 aromatic carbocycles. The minimum atomic E-state index is -0.476. The number of amides is 1. The second kappa shape index (κ2) is 8.37. The van der Waals surface area contributed by atoms with Crippen molar-refractivity contribution in [2.75, 3.05) is 5.75 Å². The maximum atomic E-state index is 13.0. The number of para-hydroxylation sites is 1. The van der Waals surface area contributed by atoms with Gasteiger partial charge in [0.2, 0.25) is 0 Å². The van der Waals surface area contributed by atoms with Crippen molar-refractivity contribution in [2.45, 2.75) is 32.4 Å². The lowest BCUT2D eigenvalue weighted by Crippen LogP contribution is -2.50. The molecule has 28 heavy (non-hydrogen) atoms. The van der Waals surface area contributed by atoms with E-state index in [4.69, 9.17) is 21.7 Å². The molecule has 0 aromatic heterocycles. The third-order valence-electron chi connectivity index (χ3n) is 4.69. The van der Waals surface area contributed by atoms with Gasteiger partial charge in [-0.25, -0.2) is 5.01 Å². The molecule has 0 aliphatic carbocycles. The van der Waals surface area contributed by atoms with Crippen molar-refractivity contribution < 1.29 is 4.79 Å². The van der Waals surface area contributed by atoms with Crippen LogP contribution in [0.4, 0.5) is 0 Å². The van der Waals surface area contributed by atoms with E-state index < -0.39 is 6.17 Å². The monoisotopic (exact) mass is 412 g/mol. The molecule has 1 atom stereocenters. The standard InChI is InChI=1S/C21H21ClN4OS/c1-2-3-8-13-28-21-24-20(27)18-15-10-5-7-12-17(15)23-19(26(18)25-21)14-9-4-6-11-16(14)22/h4-7,9-12,19H,2-3,8,13H2,1H3,(H,24,25,27)/t19-/m0/s1. The van der Waals surface area contributed by atoms with Gasteiger partial charge in [-0.15, -0.1) is 5.10 Å². The Morgan fingerprint density at radius 3 is 2.75 bits per heavy atom. The largest absolute Gasteiger partial charge is 0.298 e. The summed E-state index contributed by atoms with van der Waals surface area (Å²) in [7, 11) is 0. The number of hydrazone groups is 1. The molecule has 0 fully saturated rings. The van der Waals surface area contributed by atoms with Crippen molar-refractivity contribution in [3.63, 3.8) is 0 Å². The minimum absolute atomic E-state index is 0.160. The Kier molecular flexibility index (Phi) is 5.69. The topological polar surface area (TPSA) is 57.1 Å². The van der Waals surface area contributed by atoms with Crippen LogP contribution in [-0.4, -0.2) is 21.8 Å². The average Bonchev–Trinajstić information content (AvgIpc) is 2.71. The number of benzene rings is 2. The molecule has 0 spiro atoms. The van der Waals surface area contributed by atoms with Gasteiger partial charge < -0.3 is 0 Å². The van der Waals surface area contributed by atoms with Gasteiger partial charge in [0.15, 0.2) is 11.3 Å². The molecule has 0 saturated carbocycles. The van der Waals surface area contributed by atoms with Crippen LogP contribution in [0.2, 0.25) is 5.02 Å². The van der Waals surface area contributed by atoms with Gasteiger partial charge in [0.05, 0.1) is 5.36 Å². The summed E-state index contributed by atoms with van der Waals surface area (Å²) < 4.78 is 0. The molecule has 0 unspecified atom stereocenters. The Labute approximate surface area is 173 Å². The van der Waals surface area contributed by atoms with E-state index in [1.165, 1.54) is 6.42 Å². The van der Waals surface area contributed by atoms with E-state index in [9.17, 15) is 4.79 Å². The molecule has 144 valence electrons. The van der Waals surface area contributed by atoms with Gasteiger partial charge in [-0.05, 0) is 18.6 Å². The van der Waals surface area contributed by atoms with Crippen LogP contribution in [-0.2, 0) is 4.79 Å². The number of hydrogen-bond donors (Lipinski definition) is 1. The van der Waals surface area contributed by atoms with Gasteiger partial charge in [0.1, 0.15) is 5.70 Å². The lowest BCUT2D eigenvalue weighted by molar-refractivity contribution is -0.116. The molecule has 4 rings (SSSR count). The third kappa shape index (κ3) is 3.66. The first-order valence-electron chi connectivity index (χ1n) is 9.42. The summed E-state index contributed by atoms with van der Waals surface area (Å²) in [5.74, 6) is 0.757. The van der Waals surface area contributed by atoms with Crippen molar-refractivity contribution in [2.24, 2.45) is 10.1 Å². The fourth-order valence-corrected chi connectivity index (χ4v) is 4.39. The van der Waals surface area contributed by atoms with Crippen LogP contribution in [0.1, 0.15) is 37.9 Å². The molecule has 2 aromatic rings. The zero-order chi connectivity index (χ0) is 19.5. The highest BCUT2D eigenvalue weighted by molar-refractivity contribution is 8.13. The number of halogens is 1. The van der Waals surface area contributed by atoms with Crippen LogP contribution < -0.4 is 15.9 Å². The maximum Gasteiger partial charge on any atom is 0.276 e. The molecule has 0 radical (unpaired) electrons. The Morgan fingerprint density at radius 1 is 1.14 bits per heavy atom. The Morgan fingerprint density at radius 2 is 1.93 bits per heavy atom. The van der Waals surface area contributed by atoms with Crippen LogP contribution in [0.5, 0.6) is 0 Å². The summed E-state index contributed by atoms with van der Waals surface area (Å²) in [6, 6.07) is 15.2. The number of unbranched alkanes of at least 4 members (excludes halogenated alkanes) is 2. The van der Waals surface area contributed by atoms with Crippen molar-refractivity contribution >= 4 is 40.1 Å². The number of carbonyl (C=O) groups is 1. The predicted molar refractivity (Wildman–Crippen MR) is 114 cm³/mol. The average molecular weight is 413 g/mol. The molecule has 2 aliphatic rings. The first-order chi connectivity index (χ1) is 13.7. The zero-order valence-corrected chi connectivity index (χ0v) is 17.1. The van der Waals surface area contributed by atoms with E-state index in [0.29, 0.717) is 15.9 Å². The van der Waals surface area contributed by atoms with Crippen LogP contribution in [0.3, 0.4) is 0 Å². The predicted octanol–water partition coefficient (Wildman–Crippen LogP) is 3.41. The number of amidine groups is 1. The highest BCUT2D eigenvalue weighted by Crippen LogP contribution is 2.34. The van der Waals surface area contributed by atoms with Crippen molar-refractivity contribution in [1.82, 2.24) is 10.3 Å². The van der Waals surface area contributed by atoms with Crippen molar-refractivity contribution in [3.8, 4) is 0 Å². The van der Waals surface area contributed by atoms with Gasteiger partial charge >= 0.3 is 0 Å². The van der Waals surface area contributed by atoms with Crippen LogP contribution in [0.15, 0.2) is 58.6 Å². The quantitative estimate of drug-likeness (QED) is 0.765. The molecule has 2 heterocycles. The minimum Gasteiger partial charge on any atom is -0.298 e. The van der Waals surface area contributed by atoms with Gasteiger partial charge in [0, 0.05) is 21.6 Å². The number of nitrogens with zero attached hydrogens (tertiary/aromatic N) is 3. The van der Waals surface area contributed by atoms with E-state index in [1.54, 1.807) is 16.8 Å². The normalized spacial score (nSPS) is 18.0. The summed E-state index contributed by atoms with van der Waals surface area (Å²) in [4.78, 5) is 17.9. The van der Waals surface area contributed by atoms with E-state index in [0.717, 1.165) is 34.7 Å². The van der Waals surface area contributed by atoms with Gasteiger partial charge in [-0.2, -0.15) is 0 Å². The smallest absolute Gasteiger partial charge is 0.276 e. The Balaban J connectivity index is 1.79. The molecular weight excluding hydrogens is 392 g/mol. The number of nitrogens with one attached hydrogen (secondary N) is 1. The summed E-state index contributed by atoms with van der Waals surface area (Å²) in [5, 5.41) is 12.2.